The third-order valence-corrected chi connectivity index (χ3v) is 3.27. The van der Waals surface area contributed by atoms with Gasteiger partial charge in [0, 0.05) is 11.4 Å². The second-order valence-corrected chi connectivity index (χ2v) is 6.76. The van der Waals surface area contributed by atoms with Crippen LogP contribution in [-0.2, 0) is 11.3 Å². The Morgan fingerprint density at radius 3 is 2.00 bits per heavy atom. The first-order chi connectivity index (χ1) is 11.7. The quantitative estimate of drug-likeness (QED) is 0.639. The summed E-state index contributed by atoms with van der Waals surface area (Å²) in [4.78, 5) is 14.0. The standard InChI is InChI=1S/C19H25N3O3/c1-19(2,3)25-18(23)22(12-14-4-6-15(20)7-5-14)13-24-17-10-8-16(21)9-11-17/h4-11H,12-13,20-21H2,1-3H3. The van der Waals surface area contributed by atoms with Crippen LogP contribution in [-0.4, -0.2) is 23.3 Å². The fourth-order valence-corrected chi connectivity index (χ4v) is 2.05. The van der Waals surface area contributed by atoms with Gasteiger partial charge in [0.2, 0.25) is 0 Å². The molecule has 2 aromatic rings. The maximum Gasteiger partial charge on any atom is 0.413 e. The predicted octanol–water partition coefficient (Wildman–Crippen LogP) is 3.62. The highest BCUT2D eigenvalue weighted by atomic mass is 16.6. The largest absolute Gasteiger partial charge is 0.473 e. The number of carbonyl (C=O) groups excluding carboxylic acids is 1. The van der Waals surface area contributed by atoms with Gasteiger partial charge >= 0.3 is 6.09 Å². The molecule has 0 saturated heterocycles. The zero-order valence-electron chi connectivity index (χ0n) is 14.9. The summed E-state index contributed by atoms with van der Waals surface area (Å²) in [5, 5.41) is 0. The maximum absolute atomic E-state index is 12.5. The average molecular weight is 343 g/mol. The van der Waals surface area contributed by atoms with Gasteiger partial charge in [0.05, 0.1) is 6.54 Å². The molecule has 6 nitrogen and oxygen atoms in total. The summed E-state index contributed by atoms with van der Waals surface area (Å²) in [7, 11) is 0. The first kappa shape index (κ1) is 18.4. The number of ether oxygens (including phenoxy) is 2. The van der Waals surface area contributed by atoms with Gasteiger partial charge < -0.3 is 20.9 Å². The van der Waals surface area contributed by atoms with E-state index in [1.165, 1.54) is 4.90 Å². The predicted molar refractivity (Wildman–Crippen MR) is 99.0 cm³/mol. The van der Waals surface area contributed by atoms with Gasteiger partial charge in [-0.25, -0.2) is 4.79 Å². The fraction of sp³-hybridized carbons (Fsp3) is 0.316. The summed E-state index contributed by atoms with van der Waals surface area (Å²) in [6, 6.07) is 14.3. The van der Waals surface area contributed by atoms with Crippen molar-refractivity contribution in [3.05, 3.63) is 54.1 Å². The lowest BCUT2D eigenvalue weighted by molar-refractivity contribution is 0.00761. The van der Waals surface area contributed by atoms with Gasteiger partial charge in [-0.1, -0.05) is 12.1 Å². The molecule has 1 amide bonds. The van der Waals surface area contributed by atoms with Crippen LogP contribution in [0.3, 0.4) is 0 Å². The zero-order chi connectivity index (χ0) is 18.4. The van der Waals surface area contributed by atoms with Crippen LogP contribution in [0.1, 0.15) is 26.3 Å². The van der Waals surface area contributed by atoms with Crippen molar-refractivity contribution < 1.29 is 14.3 Å². The summed E-state index contributed by atoms with van der Waals surface area (Å²) in [6.07, 6.45) is -0.445. The fourth-order valence-electron chi connectivity index (χ4n) is 2.05. The lowest BCUT2D eigenvalue weighted by atomic mass is 10.2. The second kappa shape index (κ2) is 7.79. The monoisotopic (exact) mass is 343 g/mol. The molecule has 0 heterocycles. The number of carbonyl (C=O) groups is 1. The van der Waals surface area contributed by atoms with Crippen molar-refractivity contribution in [2.45, 2.75) is 32.9 Å². The highest BCUT2D eigenvalue weighted by Crippen LogP contribution is 2.17. The third kappa shape index (κ3) is 6.25. The summed E-state index contributed by atoms with van der Waals surface area (Å²) in [5.41, 5.74) is 13.0. The van der Waals surface area contributed by atoms with E-state index in [-0.39, 0.29) is 6.73 Å². The van der Waals surface area contributed by atoms with Crippen LogP contribution < -0.4 is 16.2 Å². The van der Waals surface area contributed by atoms with Gasteiger partial charge in [0.1, 0.15) is 11.4 Å². The van der Waals surface area contributed by atoms with E-state index in [9.17, 15) is 4.79 Å². The Hall–Kier alpha value is -2.89. The normalized spacial score (nSPS) is 11.0. The Labute approximate surface area is 148 Å². The molecule has 2 rings (SSSR count). The van der Waals surface area contributed by atoms with Crippen molar-refractivity contribution in [2.24, 2.45) is 0 Å². The first-order valence-electron chi connectivity index (χ1n) is 8.03. The van der Waals surface area contributed by atoms with E-state index in [2.05, 4.69) is 0 Å². The molecular weight excluding hydrogens is 318 g/mol. The minimum atomic E-state index is -0.586. The van der Waals surface area contributed by atoms with E-state index in [4.69, 9.17) is 20.9 Å². The van der Waals surface area contributed by atoms with Gasteiger partial charge in [-0.05, 0) is 62.7 Å². The summed E-state index contributed by atoms with van der Waals surface area (Å²) in [5.74, 6) is 0.625. The first-order valence-corrected chi connectivity index (χ1v) is 8.03. The summed E-state index contributed by atoms with van der Waals surface area (Å²) >= 11 is 0. The molecule has 134 valence electrons. The van der Waals surface area contributed by atoms with Crippen molar-refractivity contribution in [1.82, 2.24) is 4.90 Å². The number of nitrogens with zero attached hydrogens (tertiary/aromatic N) is 1. The van der Waals surface area contributed by atoms with Crippen molar-refractivity contribution in [2.75, 3.05) is 18.2 Å². The number of nitrogens with two attached hydrogens (primary N) is 2. The van der Waals surface area contributed by atoms with Crippen LogP contribution in [0.25, 0.3) is 0 Å². The SMILES string of the molecule is CC(C)(C)OC(=O)N(COc1ccc(N)cc1)Cc1ccc(N)cc1. The van der Waals surface area contributed by atoms with E-state index in [0.717, 1.165) is 5.56 Å². The Morgan fingerprint density at radius 2 is 1.48 bits per heavy atom. The average Bonchev–Trinajstić information content (AvgIpc) is 2.53. The number of anilines is 2. The van der Waals surface area contributed by atoms with Gasteiger partial charge in [-0.2, -0.15) is 0 Å². The van der Waals surface area contributed by atoms with Gasteiger partial charge in [0.15, 0.2) is 6.73 Å². The lowest BCUT2D eigenvalue weighted by Gasteiger charge is -2.27. The summed E-state index contributed by atoms with van der Waals surface area (Å²) < 4.78 is 11.2. The van der Waals surface area contributed by atoms with E-state index >= 15 is 0 Å². The molecule has 0 fully saturated rings. The smallest absolute Gasteiger partial charge is 0.413 e. The Balaban J connectivity index is 2.08. The van der Waals surface area contributed by atoms with Gasteiger partial charge in [0.25, 0.3) is 0 Å². The highest BCUT2D eigenvalue weighted by Gasteiger charge is 2.22. The van der Waals surface area contributed by atoms with Crippen LogP contribution >= 0.6 is 0 Å². The molecular formula is C19H25N3O3. The van der Waals surface area contributed by atoms with Gasteiger partial charge in [-0.3, -0.25) is 4.90 Å². The van der Waals surface area contributed by atoms with Crippen LogP contribution in [0.5, 0.6) is 5.75 Å². The number of hydrogen-bond donors (Lipinski definition) is 2. The molecule has 0 spiro atoms. The molecule has 0 atom stereocenters. The highest BCUT2D eigenvalue weighted by molar-refractivity contribution is 5.68. The molecule has 2 aromatic carbocycles. The Kier molecular flexibility index (Phi) is 5.75. The number of amides is 1. The van der Waals surface area contributed by atoms with Crippen LogP contribution in [0.2, 0.25) is 0 Å². The van der Waals surface area contributed by atoms with E-state index in [1.807, 2.05) is 32.9 Å². The van der Waals surface area contributed by atoms with E-state index < -0.39 is 11.7 Å². The molecule has 0 aliphatic rings. The van der Waals surface area contributed by atoms with Crippen LogP contribution in [0.15, 0.2) is 48.5 Å². The molecule has 0 aromatic heterocycles. The summed E-state index contributed by atoms with van der Waals surface area (Å²) in [6.45, 7) is 5.89. The zero-order valence-corrected chi connectivity index (χ0v) is 14.9. The molecule has 0 saturated carbocycles. The molecule has 4 N–H and O–H groups in total. The Bertz CT molecular complexity index is 691. The van der Waals surface area contributed by atoms with Gasteiger partial charge in [-0.15, -0.1) is 0 Å². The molecule has 0 aliphatic carbocycles. The Morgan fingerprint density at radius 1 is 0.960 bits per heavy atom. The van der Waals surface area contributed by atoms with E-state index in [1.54, 1.807) is 36.4 Å². The molecule has 0 aliphatic heterocycles. The second-order valence-electron chi connectivity index (χ2n) is 6.76. The number of hydrogen-bond acceptors (Lipinski definition) is 5. The number of nitrogen functional groups attached to an aromatic ring is 2. The maximum atomic E-state index is 12.5. The number of rotatable bonds is 5. The van der Waals surface area contributed by atoms with Crippen LogP contribution in [0, 0.1) is 0 Å². The lowest BCUT2D eigenvalue weighted by Crippen LogP contribution is -2.38. The van der Waals surface area contributed by atoms with E-state index in [0.29, 0.717) is 23.7 Å². The van der Waals surface area contributed by atoms with Crippen molar-refractivity contribution in [3.8, 4) is 5.75 Å². The van der Waals surface area contributed by atoms with Crippen molar-refractivity contribution in [1.29, 1.82) is 0 Å². The molecule has 25 heavy (non-hydrogen) atoms. The molecule has 0 bridgehead atoms. The minimum absolute atomic E-state index is 0.0587. The third-order valence-electron chi connectivity index (χ3n) is 3.27. The van der Waals surface area contributed by atoms with Crippen molar-refractivity contribution in [3.63, 3.8) is 0 Å². The molecule has 0 radical (unpaired) electrons. The molecule has 6 heteroatoms. The number of benzene rings is 2. The minimum Gasteiger partial charge on any atom is -0.473 e. The van der Waals surface area contributed by atoms with Crippen LogP contribution in [0.4, 0.5) is 16.2 Å². The molecule has 0 unspecified atom stereocenters. The van der Waals surface area contributed by atoms with Crippen molar-refractivity contribution >= 4 is 17.5 Å². The topological polar surface area (TPSA) is 90.8 Å².